The quantitative estimate of drug-likeness (QED) is 0.568. The van der Waals surface area contributed by atoms with Crippen molar-refractivity contribution >= 4 is 18.5 Å². The first-order valence-electron chi connectivity index (χ1n) is 5.42. The first-order valence-corrected chi connectivity index (χ1v) is 5.42. The van der Waals surface area contributed by atoms with Gasteiger partial charge in [0.1, 0.15) is 6.29 Å². The number of carbonyl (C=O) groups excluding carboxylic acids is 3. The fourth-order valence-corrected chi connectivity index (χ4v) is 1.52. The summed E-state index contributed by atoms with van der Waals surface area (Å²) in [6.07, 6.45) is 1.38. The number of nitrogens with one attached hydrogen (secondary N) is 1. The Morgan fingerprint density at radius 3 is 2.47 bits per heavy atom. The lowest BCUT2D eigenvalue weighted by atomic mass is 9.95. The second-order valence-corrected chi connectivity index (χ2v) is 3.88. The van der Waals surface area contributed by atoms with Gasteiger partial charge in [-0.2, -0.15) is 0 Å². The Morgan fingerprint density at radius 2 is 1.94 bits per heavy atom. The number of hydrogen-bond donors (Lipinski definition) is 1. The number of aldehydes is 1. The van der Waals surface area contributed by atoms with Crippen LogP contribution in [0.3, 0.4) is 0 Å². The van der Waals surface area contributed by atoms with Crippen molar-refractivity contribution in [2.24, 2.45) is 5.92 Å². The van der Waals surface area contributed by atoms with E-state index in [1.807, 2.05) is 6.07 Å². The highest BCUT2D eigenvalue weighted by Crippen LogP contribution is 2.10. The molecular weight excluding hydrogens is 218 g/mol. The number of rotatable bonds is 7. The molecule has 90 valence electrons. The Kier molecular flexibility index (Phi) is 5.07. The predicted octanol–water partition coefficient (Wildman–Crippen LogP) is 1.21. The minimum Gasteiger partial charge on any atom is -0.355 e. The van der Waals surface area contributed by atoms with Crippen molar-refractivity contribution in [3.8, 4) is 0 Å². The molecule has 0 saturated carbocycles. The number of ketones is 1. The van der Waals surface area contributed by atoms with Crippen molar-refractivity contribution in [2.75, 3.05) is 0 Å². The molecule has 0 spiro atoms. The number of carbonyl (C=O) groups is 3. The molecule has 0 aliphatic rings. The van der Waals surface area contributed by atoms with Gasteiger partial charge in [-0.1, -0.05) is 37.3 Å². The molecule has 4 nitrogen and oxygen atoms in total. The fraction of sp³-hybridized carbons (Fsp3) is 0.308. The molecule has 0 heterocycles. The third kappa shape index (κ3) is 3.83. The molecule has 0 bridgehead atoms. The van der Waals surface area contributed by atoms with Gasteiger partial charge in [-0.05, 0) is 0 Å². The van der Waals surface area contributed by atoms with Crippen molar-refractivity contribution in [2.45, 2.75) is 19.4 Å². The molecule has 1 aromatic carbocycles. The van der Waals surface area contributed by atoms with Crippen LogP contribution < -0.4 is 5.32 Å². The molecule has 0 fully saturated rings. The van der Waals surface area contributed by atoms with Gasteiger partial charge in [0, 0.05) is 23.9 Å². The van der Waals surface area contributed by atoms with E-state index < -0.39 is 6.04 Å². The van der Waals surface area contributed by atoms with Crippen molar-refractivity contribution < 1.29 is 14.4 Å². The Labute approximate surface area is 100 Å². The molecule has 0 aliphatic carbocycles. The molecular formula is C13H15NO3. The summed E-state index contributed by atoms with van der Waals surface area (Å²) in [5, 5.41) is 2.50. The van der Waals surface area contributed by atoms with E-state index in [1.54, 1.807) is 31.2 Å². The average molecular weight is 233 g/mol. The summed E-state index contributed by atoms with van der Waals surface area (Å²) in [6, 6.07) is 8.36. The van der Waals surface area contributed by atoms with Crippen LogP contribution in [0.2, 0.25) is 0 Å². The summed E-state index contributed by atoms with van der Waals surface area (Å²) >= 11 is 0. The van der Waals surface area contributed by atoms with Gasteiger partial charge in [0.15, 0.2) is 5.78 Å². The zero-order valence-corrected chi connectivity index (χ0v) is 9.63. The standard InChI is InChI=1S/C13H15NO3/c1-10(8-15)12(14-9-16)7-13(17)11-5-3-2-4-6-11/h2-6,8-10,12H,7H2,1H3,(H,14,16). The maximum absolute atomic E-state index is 11.9. The van der Waals surface area contributed by atoms with Gasteiger partial charge >= 0.3 is 0 Å². The highest BCUT2D eigenvalue weighted by Gasteiger charge is 2.20. The van der Waals surface area contributed by atoms with E-state index >= 15 is 0 Å². The molecule has 1 aromatic rings. The SMILES string of the molecule is CC(C=O)C(CC(=O)c1ccccc1)NC=O. The Hall–Kier alpha value is -1.97. The molecule has 1 rings (SSSR count). The predicted molar refractivity (Wildman–Crippen MR) is 63.6 cm³/mol. The van der Waals surface area contributed by atoms with E-state index in [0.717, 1.165) is 6.29 Å². The largest absolute Gasteiger partial charge is 0.355 e. The summed E-state index contributed by atoms with van der Waals surface area (Å²) in [6.45, 7) is 1.67. The van der Waals surface area contributed by atoms with Gasteiger partial charge < -0.3 is 10.1 Å². The van der Waals surface area contributed by atoms with Crippen LogP contribution in [0.5, 0.6) is 0 Å². The number of benzene rings is 1. The lowest BCUT2D eigenvalue weighted by molar-refractivity contribution is -0.113. The van der Waals surface area contributed by atoms with Gasteiger partial charge in [0.25, 0.3) is 0 Å². The minimum atomic E-state index is -0.447. The molecule has 1 N–H and O–H groups in total. The highest BCUT2D eigenvalue weighted by molar-refractivity contribution is 5.96. The lowest BCUT2D eigenvalue weighted by Gasteiger charge is -2.18. The number of amides is 1. The minimum absolute atomic E-state index is 0.0846. The molecule has 17 heavy (non-hydrogen) atoms. The van der Waals surface area contributed by atoms with E-state index in [1.165, 1.54) is 0 Å². The monoisotopic (exact) mass is 233 g/mol. The van der Waals surface area contributed by atoms with Crippen LogP contribution in [0.4, 0.5) is 0 Å². The summed E-state index contributed by atoms with van der Waals surface area (Å²) in [5.74, 6) is -0.466. The summed E-state index contributed by atoms with van der Waals surface area (Å²) in [5.41, 5.74) is 0.586. The maximum atomic E-state index is 11.9. The highest BCUT2D eigenvalue weighted by atomic mass is 16.1. The summed E-state index contributed by atoms with van der Waals surface area (Å²) in [7, 11) is 0. The van der Waals surface area contributed by atoms with Crippen molar-refractivity contribution in [1.29, 1.82) is 0 Å². The second kappa shape index (κ2) is 6.58. The smallest absolute Gasteiger partial charge is 0.207 e. The number of Topliss-reactive ketones (excluding diaryl/α,β-unsaturated/α-hetero) is 1. The summed E-state index contributed by atoms with van der Waals surface area (Å²) < 4.78 is 0. The van der Waals surface area contributed by atoms with Crippen molar-refractivity contribution in [3.63, 3.8) is 0 Å². The van der Waals surface area contributed by atoms with E-state index in [4.69, 9.17) is 0 Å². The van der Waals surface area contributed by atoms with Gasteiger partial charge in [-0.25, -0.2) is 0 Å². The fourth-order valence-electron chi connectivity index (χ4n) is 1.52. The lowest BCUT2D eigenvalue weighted by Crippen LogP contribution is -2.36. The number of hydrogen-bond acceptors (Lipinski definition) is 3. The maximum Gasteiger partial charge on any atom is 0.207 e. The first kappa shape index (κ1) is 13.1. The van der Waals surface area contributed by atoms with Crippen LogP contribution in [0.15, 0.2) is 30.3 Å². The van der Waals surface area contributed by atoms with Crippen molar-refractivity contribution in [1.82, 2.24) is 5.32 Å². The van der Waals surface area contributed by atoms with Gasteiger partial charge in [0.2, 0.25) is 6.41 Å². The van der Waals surface area contributed by atoms with Crippen LogP contribution in [0, 0.1) is 5.92 Å². The van der Waals surface area contributed by atoms with E-state index in [9.17, 15) is 14.4 Å². The first-order chi connectivity index (χ1) is 8.19. The van der Waals surface area contributed by atoms with E-state index in [-0.39, 0.29) is 18.1 Å². The molecule has 0 aliphatic heterocycles. The topological polar surface area (TPSA) is 63.2 Å². The van der Waals surface area contributed by atoms with Crippen LogP contribution in [-0.2, 0) is 9.59 Å². The Bertz CT molecular complexity index is 389. The van der Waals surface area contributed by atoms with Crippen LogP contribution in [-0.4, -0.2) is 24.5 Å². The molecule has 0 radical (unpaired) electrons. The zero-order valence-electron chi connectivity index (χ0n) is 9.63. The molecule has 1 amide bonds. The molecule has 4 heteroatoms. The van der Waals surface area contributed by atoms with Crippen LogP contribution in [0.1, 0.15) is 23.7 Å². The van der Waals surface area contributed by atoms with Gasteiger partial charge in [-0.3, -0.25) is 9.59 Å². The van der Waals surface area contributed by atoms with Gasteiger partial charge in [-0.15, -0.1) is 0 Å². The van der Waals surface area contributed by atoms with Crippen LogP contribution >= 0.6 is 0 Å². The molecule has 2 unspecified atom stereocenters. The Morgan fingerprint density at radius 1 is 1.29 bits per heavy atom. The molecule has 0 saturated heterocycles. The Balaban J connectivity index is 2.70. The second-order valence-electron chi connectivity index (χ2n) is 3.88. The van der Waals surface area contributed by atoms with Crippen molar-refractivity contribution in [3.05, 3.63) is 35.9 Å². The third-order valence-electron chi connectivity index (χ3n) is 2.63. The normalized spacial score (nSPS) is 13.5. The van der Waals surface area contributed by atoms with Crippen LogP contribution in [0.25, 0.3) is 0 Å². The third-order valence-corrected chi connectivity index (χ3v) is 2.63. The van der Waals surface area contributed by atoms with Gasteiger partial charge in [0.05, 0.1) is 0 Å². The zero-order chi connectivity index (χ0) is 12.7. The van der Waals surface area contributed by atoms with E-state index in [2.05, 4.69) is 5.32 Å². The average Bonchev–Trinajstić information content (AvgIpc) is 2.38. The molecule has 0 aromatic heterocycles. The van der Waals surface area contributed by atoms with E-state index in [0.29, 0.717) is 12.0 Å². The summed E-state index contributed by atoms with van der Waals surface area (Å²) in [4.78, 5) is 33.0. The molecule has 2 atom stereocenters.